The fraction of sp³-hybridized carbons (Fsp3) is 0.636. The Labute approximate surface area is 186 Å². The van der Waals surface area contributed by atoms with E-state index in [1.165, 1.54) is 6.42 Å². The molecule has 2 amide bonds. The number of benzene rings is 1. The maximum absolute atomic E-state index is 13.2. The summed E-state index contributed by atoms with van der Waals surface area (Å²) in [6, 6.07) is 3.61. The van der Waals surface area contributed by atoms with Crippen LogP contribution >= 0.6 is 15.9 Å². The van der Waals surface area contributed by atoms with Gasteiger partial charge in [-0.3, -0.25) is 9.59 Å². The lowest BCUT2D eigenvalue weighted by Gasteiger charge is -2.29. The first-order valence-electron chi connectivity index (χ1n) is 10.9. The molecule has 8 heteroatoms. The van der Waals surface area contributed by atoms with Gasteiger partial charge in [0, 0.05) is 29.4 Å². The highest BCUT2D eigenvalue weighted by Gasteiger charge is 2.39. The number of amides is 2. The molecule has 1 aromatic rings. The van der Waals surface area contributed by atoms with E-state index in [9.17, 15) is 18.0 Å². The summed E-state index contributed by atoms with van der Waals surface area (Å²) in [5.74, 6) is 0.00775. The van der Waals surface area contributed by atoms with Gasteiger partial charge in [-0.15, -0.1) is 0 Å². The van der Waals surface area contributed by atoms with Crippen molar-refractivity contribution in [2.75, 3.05) is 17.2 Å². The third kappa shape index (κ3) is 4.59. The van der Waals surface area contributed by atoms with E-state index in [1.54, 1.807) is 11.0 Å². The van der Waals surface area contributed by atoms with Gasteiger partial charge in [0.15, 0.2) is 9.84 Å². The van der Waals surface area contributed by atoms with Gasteiger partial charge in [0.05, 0.1) is 16.3 Å². The van der Waals surface area contributed by atoms with Crippen LogP contribution in [0.5, 0.6) is 0 Å². The van der Waals surface area contributed by atoms with Crippen molar-refractivity contribution in [3.63, 3.8) is 0 Å². The molecular formula is C22H29BrN2O4S. The van der Waals surface area contributed by atoms with E-state index in [4.69, 9.17) is 0 Å². The summed E-state index contributed by atoms with van der Waals surface area (Å²) >= 11 is 3.41. The predicted molar refractivity (Wildman–Crippen MR) is 119 cm³/mol. The quantitative estimate of drug-likeness (QED) is 0.651. The van der Waals surface area contributed by atoms with Gasteiger partial charge >= 0.3 is 0 Å². The van der Waals surface area contributed by atoms with E-state index >= 15 is 0 Å². The van der Waals surface area contributed by atoms with Crippen LogP contribution in [0.3, 0.4) is 0 Å². The Balaban J connectivity index is 1.50. The standard InChI is InChI=1S/C22H29BrN2O4S/c1-14-4-2-3-5-18(14)24-20(26)9-11-30(28,29)19-13-17(23)12-16-8-10-25(21(16)19)22(27)15-6-7-15/h12-15,18H,2-11H2,1H3,(H,24,26)/t14-,18-/m0/s1. The molecule has 0 bridgehead atoms. The first kappa shape index (κ1) is 21.8. The molecule has 0 spiro atoms. The number of anilines is 1. The summed E-state index contributed by atoms with van der Waals surface area (Å²) in [4.78, 5) is 27.0. The van der Waals surface area contributed by atoms with E-state index in [0.29, 0.717) is 29.0 Å². The molecule has 30 heavy (non-hydrogen) atoms. The zero-order valence-corrected chi connectivity index (χ0v) is 19.7. The molecule has 1 N–H and O–H groups in total. The van der Waals surface area contributed by atoms with Crippen molar-refractivity contribution in [3.05, 3.63) is 22.2 Å². The fourth-order valence-corrected chi connectivity index (χ4v) is 6.80. The summed E-state index contributed by atoms with van der Waals surface area (Å²) in [6.45, 7) is 2.65. The average Bonchev–Trinajstić information content (AvgIpc) is 3.47. The van der Waals surface area contributed by atoms with Crippen molar-refractivity contribution >= 4 is 43.3 Å². The van der Waals surface area contributed by atoms with E-state index in [0.717, 1.165) is 37.7 Å². The van der Waals surface area contributed by atoms with Crippen molar-refractivity contribution in [2.45, 2.75) is 69.2 Å². The van der Waals surface area contributed by atoms with Crippen LogP contribution < -0.4 is 10.2 Å². The molecule has 164 valence electrons. The predicted octanol–water partition coefficient (Wildman–Crippen LogP) is 3.61. The van der Waals surface area contributed by atoms with Crippen molar-refractivity contribution in [2.24, 2.45) is 11.8 Å². The summed E-state index contributed by atoms with van der Waals surface area (Å²) < 4.78 is 27.1. The molecular weight excluding hydrogens is 468 g/mol. The molecule has 2 saturated carbocycles. The molecule has 1 aliphatic heterocycles. The number of hydrogen-bond acceptors (Lipinski definition) is 4. The van der Waals surface area contributed by atoms with Gasteiger partial charge in [-0.05, 0) is 55.7 Å². The third-order valence-corrected chi connectivity index (χ3v) is 8.76. The molecule has 0 saturated heterocycles. The highest BCUT2D eigenvalue weighted by molar-refractivity contribution is 9.10. The molecule has 1 aromatic carbocycles. The van der Waals surface area contributed by atoms with Gasteiger partial charge in [0.1, 0.15) is 0 Å². The lowest BCUT2D eigenvalue weighted by molar-refractivity contribution is -0.122. The monoisotopic (exact) mass is 496 g/mol. The Morgan fingerprint density at radius 3 is 2.60 bits per heavy atom. The van der Waals surface area contributed by atoms with Gasteiger partial charge in [-0.25, -0.2) is 8.42 Å². The Hall–Kier alpha value is -1.41. The number of fused-ring (bicyclic) bond motifs is 1. The van der Waals surface area contributed by atoms with E-state index in [1.807, 2.05) is 6.07 Å². The van der Waals surface area contributed by atoms with Crippen LogP contribution in [0.25, 0.3) is 0 Å². The minimum Gasteiger partial charge on any atom is -0.353 e. The van der Waals surface area contributed by atoms with Gasteiger partial charge < -0.3 is 10.2 Å². The maximum atomic E-state index is 13.2. The molecule has 1 heterocycles. The molecule has 0 radical (unpaired) electrons. The van der Waals surface area contributed by atoms with Crippen molar-refractivity contribution < 1.29 is 18.0 Å². The molecule has 4 rings (SSSR count). The number of carbonyl (C=O) groups is 2. The van der Waals surface area contributed by atoms with Crippen molar-refractivity contribution in [1.82, 2.24) is 5.32 Å². The van der Waals surface area contributed by atoms with Crippen LogP contribution in [0.15, 0.2) is 21.5 Å². The van der Waals surface area contributed by atoms with Crippen LogP contribution in [-0.2, 0) is 25.8 Å². The lowest BCUT2D eigenvalue weighted by atomic mass is 9.86. The Bertz CT molecular complexity index is 958. The Morgan fingerprint density at radius 1 is 1.17 bits per heavy atom. The molecule has 0 unspecified atom stereocenters. The largest absolute Gasteiger partial charge is 0.353 e. The lowest BCUT2D eigenvalue weighted by Crippen LogP contribution is -2.41. The molecule has 2 atom stereocenters. The second-order valence-electron chi connectivity index (χ2n) is 8.93. The first-order valence-corrected chi connectivity index (χ1v) is 13.4. The van der Waals surface area contributed by atoms with Crippen LogP contribution in [-0.4, -0.2) is 38.6 Å². The zero-order valence-electron chi connectivity index (χ0n) is 17.3. The number of nitrogens with one attached hydrogen (secondary N) is 1. The van der Waals surface area contributed by atoms with Gasteiger partial charge in [-0.1, -0.05) is 35.7 Å². The summed E-state index contributed by atoms with van der Waals surface area (Å²) in [5, 5.41) is 3.03. The van der Waals surface area contributed by atoms with Gasteiger partial charge in [0.2, 0.25) is 11.8 Å². The maximum Gasteiger partial charge on any atom is 0.230 e. The average molecular weight is 497 g/mol. The molecule has 6 nitrogen and oxygen atoms in total. The highest BCUT2D eigenvalue weighted by Crippen LogP contribution is 2.41. The van der Waals surface area contributed by atoms with Crippen LogP contribution in [0.1, 0.15) is 57.4 Å². The number of nitrogens with zero attached hydrogens (tertiary/aromatic N) is 1. The summed E-state index contributed by atoms with van der Waals surface area (Å²) in [7, 11) is -3.71. The minimum absolute atomic E-state index is 0.0246. The number of halogens is 1. The van der Waals surface area contributed by atoms with Crippen molar-refractivity contribution in [1.29, 1.82) is 0 Å². The van der Waals surface area contributed by atoms with Crippen LogP contribution in [0.4, 0.5) is 5.69 Å². The topological polar surface area (TPSA) is 83.6 Å². The first-order chi connectivity index (χ1) is 14.3. The molecule has 3 aliphatic rings. The SMILES string of the molecule is C[C@H]1CCCC[C@@H]1NC(=O)CCS(=O)(=O)c1cc(Br)cc2c1N(C(=O)C1CC1)CC2. The summed E-state index contributed by atoms with van der Waals surface area (Å²) in [6.07, 6.45) is 6.68. The molecule has 0 aromatic heterocycles. The number of sulfone groups is 1. The second-order valence-corrected chi connectivity index (χ2v) is 11.9. The van der Waals surface area contributed by atoms with Gasteiger partial charge in [0.25, 0.3) is 0 Å². The number of rotatable bonds is 6. The Morgan fingerprint density at radius 2 is 1.90 bits per heavy atom. The third-order valence-electron chi connectivity index (χ3n) is 6.58. The highest BCUT2D eigenvalue weighted by atomic mass is 79.9. The summed E-state index contributed by atoms with van der Waals surface area (Å²) in [5.41, 5.74) is 1.40. The Kier molecular flexibility index (Phi) is 6.26. The fourth-order valence-electron chi connectivity index (χ4n) is 4.62. The number of carbonyl (C=O) groups excluding carboxylic acids is 2. The normalized spacial score (nSPS) is 23.9. The molecule has 2 fully saturated rings. The van der Waals surface area contributed by atoms with E-state index < -0.39 is 9.84 Å². The van der Waals surface area contributed by atoms with E-state index in [2.05, 4.69) is 28.2 Å². The van der Waals surface area contributed by atoms with Crippen molar-refractivity contribution in [3.8, 4) is 0 Å². The van der Waals surface area contributed by atoms with Crippen LogP contribution in [0.2, 0.25) is 0 Å². The smallest absolute Gasteiger partial charge is 0.230 e. The number of hydrogen-bond donors (Lipinski definition) is 1. The van der Waals surface area contributed by atoms with Crippen LogP contribution in [0, 0.1) is 11.8 Å². The minimum atomic E-state index is -3.71. The molecule has 2 aliphatic carbocycles. The zero-order chi connectivity index (χ0) is 21.5. The van der Waals surface area contributed by atoms with E-state index in [-0.39, 0.29) is 40.8 Å². The van der Waals surface area contributed by atoms with Gasteiger partial charge in [-0.2, -0.15) is 0 Å². The second kappa shape index (κ2) is 8.61.